The number of para-hydroxylation sites is 1. The van der Waals surface area contributed by atoms with E-state index in [-0.39, 0.29) is 11.9 Å². The van der Waals surface area contributed by atoms with Crippen molar-refractivity contribution in [1.29, 1.82) is 0 Å². The van der Waals surface area contributed by atoms with Gasteiger partial charge in [0, 0.05) is 6.04 Å². The van der Waals surface area contributed by atoms with Crippen LogP contribution in [0.15, 0.2) is 40.8 Å². The number of carbonyl (C=O) groups excluding carboxylic acids is 1. The highest BCUT2D eigenvalue weighted by Gasteiger charge is 2.17. The number of furan rings is 1. The first-order chi connectivity index (χ1) is 10.5. The fourth-order valence-electron chi connectivity index (χ4n) is 2.00. The molecule has 22 heavy (non-hydrogen) atoms. The Labute approximate surface area is 133 Å². The lowest BCUT2D eigenvalue weighted by molar-refractivity contribution is 0.0903. The molecular weight excluding hydrogens is 296 g/mol. The zero-order valence-corrected chi connectivity index (χ0v) is 13.6. The molecule has 1 N–H and O–H groups in total. The summed E-state index contributed by atoms with van der Waals surface area (Å²) >= 11 is 1.56. The number of hydrogen-bond donors (Lipinski definition) is 1. The largest absolute Gasteiger partial charge is 0.448 e. The highest BCUT2D eigenvalue weighted by atomic mass is 32.1. The van der Waals surface area contributed by atoms with Crippen LogP contribution in [0, 0.1) is 5.92 Å². The van der Waals surface area contributed by atoms with E-state index >= 15 is 0 Å². The zero-order valence-electron chi connectivity index (χ0n) is 12.8. The highest BCUT2D eigenvalue weighted by molar-refractivity contribution is 7.21. The van der Waals surface area contributed by atoms with E-state index in [0.29, 0.717) is 17.4 Å². The topological polar surface area (TPSA) is 55.1 Å². The summed E-state index contributed by atoms with van der Waals surface area (Å²) in [5.74, 6) is 1.14. The van der Waals surface area contributed by atoms with Gasteiger partial charge in [-0.2, -0.15) is 0 Å². The smallest absolute Gasteiger partial charge is 0.287 e. The lowest BCUT2D eigenvalue weighted by Gasteiger charge is -2.16. The number of thiazole rings is 1. The molecule has 0 radical (unpaired) electrons. The molecule has 3 rings (SSSR count). The molecule has 4 nitrogen and oxygen atoms in total. The van der Waals surface area contributed by atoms with Crippen LogP contribution in [-0.2, 0) is 0 Å². The Kier molecular flexibility index (Phi) is 3.98. The molecule has 0 fully saturated rings. The molecule has 0 aliphatic rings. The molecular formula is C17H18N2O2S. The Morgan fingerprint density at radius 3 is 2.68 bits per heavy atom. The quantitative estimate of drug-likeness (QED) is 0.780. The monoisotopic (exact) mass is 314 g/mol. The van der Waals surface area contributed by atoms with E-state index in [1.807, 2.05) is 31.2 Å². The minimum Gasteiger partial charge on any atom is -0.448 e. The molecule has 0 aliphatic heterocycles. The number of amides is 1. The summed E-state index contributed by atoms with van der Waals surface area (Å²) in [7, 11) is 0. The second-order valence-electron chi connectivity index (χ2n) is 5.66. The molecule has 0 saturated heterocycles. The number of benzene rings is 1. The average Bonchev–Trinajstić information content (AvgIpc) is 3.13. The summed E-state index contributed by atoms with van der Waals surface area (Å²) < 4.78 is 6.78. The second-order valence-corrected chi connectivity index (χ2v) is 6.69. The van der Waals surface area contributed by atoms with Crippen molar-refractivity contribution in [3.8, 4) is 10.8 Å². The molecule has 114 valence electrons. The Bertz CT molecular complexity index is 771. The number of nitrogens with zero attached hydrogens (tertiary/aromatic N) is 1. The van der Waals surface area contributed by atoms with Gasteiger partial charge < -0.3 is 9.73 Å². The van der Waals surface area contributed by atoms with Gasteiger partial charge in [0.15, 0.2) is 16.5 Å². The van der Waals surface area contributed by atoms with Crippen molar-refractivity contribution in [2.45, 2.75) is 26.8 Å². The Morgan fingerprint density at radius 2 is 1.95 bits per heavy atom. The summed E-state index contributed by atoms with van der Waals surface area (Å²) in [6.07, 6.45) is 0. The molecule has 1 amide bonds. The number of carbonyl (C=O) groups is 1. The molecule has 1 aromatic carbocycles. The van der Waals surface area contributed by atoms with Crippen molar-refractivity contribution in [2.24, 2.45) is 5.92 Å². The predicted molar refractivity (Wildman–Crippen MR) is 89.1 cm³/mol. The van der Waals surface area contributed by atoms with Crippen LogP contribution < -0.4 is 5.32 Å². The molecule has 0 aliphatic carbocycles. The minimum atomic E-state index is -0.187. The number of rotatable bonds is 4. The van der Waals surface area contributed by atoms with Crippen LogP contribution in [0.2, 0.25) is 0 Å². The van der Waals surface area contributed by atoms with E-state index in [0.717, 1.165) is 15.2 Å². The maximum Gasteiger partial charge on any atom is 0.287 e. The van der Waals surface area contributed by atoms with Gasteiger partial charge in [0.05, 0.1) is 10.2 Å². The number of hydrogen-bond acceptors (Lipinski definition) is 4. The molecule has 1 atom stereocenters. The number of aromatic nitrogens is 1. The first kappa shape index (κ1) is 14.8. The first-order valence-electron chi connectivity index (χ1n) is 7.31. The van der Waals surface area contributed by atoms with E-state index in [9.17, 15) is 4.79 Å². The normalized spacial score (nSPS) is 12.7. The van der Waals surface area contributed by atoms with Crippen LogP contribution in [0.25, 0.3) is 21.0 Å². The van der Waals surface area contributed by atoms with Crippen LogP contribution in [0.1, 0.15) is 31.3 Å². The van der Waals surface area contributed by atoms with Gasteiger partial charge in [-0.25, -0.2) is 4.98 Å². The zero-order chi connectivity index (χ0) is 15.7. The number of nitrogens with one attached hydrogen (secondary N) is 1. The predicted octanol–water partition coefficient (Wildman–Crippen LogP) is 4.33. The van der Waals surface area contributed by atoms with E-state index in [4.69, 9.17) is 4.42 Å². The average molecular weight is 314 g/mol. The maximum atomic E-state index is 12.2. The molecule has 2 aromatic heterocycles. The second kappa shape index (κ2) is 5.93. The fourth-order valence-corrected chi connectivity index (χ4v) is 2.92. The maximum absolute atomic E-state index is 12.2. The van der Waals surface area contributed by atoms with Crippen LogP contribution in [-0.4, -0.2) is 16.9 Å². The van der Waals surface area contributed by atoms with E-state index in [1.54, 1.807) is 23.5 Å². The van der Waals surface area contributed by atoms with Crippen LogP contribution in [0.3, 0.4) is 0 Å². The van der Waals surface area contributed by atoms with E-state index < -0.39 is 0 Å². The molecule has 3 aromatic rings. The van der Waals surface area contributed by atoms with Crippen LogP contribution in [0.5, 0.6) is 0 Å². The van der Waals surface area contributed by atoms with E-state index in [1.165, 1.54) is 0 Å². The minimum absolute atomic E-state index is 0.100. The Balaban J connectivity index is 1.82. The lowest BCUT2D eigenvalue weighted by Crippen LogP contribution is -2.35. The summed E-state index contributed by atoms with van der Waals surface area (Å²) in [4.78, 5) is 16.7. The lowest BCUT2D eigenvalue weighted by atomic mass is 10.1. The summed E-state index contributed by atoms with van der Waals surface area (Å²) in [5.41, 5.74) is 0.943. The van der Waals surface area contributed by atoms with Gasteiger partial charge in [0.1, 0.15) is 0 Å². The van der Waals surface area contributed by atoms with Crippen LogP contribution in [0.4, 0.5) is 0 Å². The molecule has 5 heteroatoms. The third-order valence-electron chi connectivity index (χ3n) is 3.69. The molecule has 2 heterocycles. The molecule has 1 unspecified atom stereocenters. The Morgan fingerprint density at radius 1 is 1.18 bits per heavy atom. The van der Waals surface area contributed by atoms with Crippen LogP contribution >= 0.6 is 11.3 Å². The van der Waals surface area contributed by atoms with Crippen molar-refractivity contribution in [2.75, 3.05) is 0 Å². The molecule has 0 spiro atoms. The van der Waals surface area contributed by atoms with Gasteiger partial charge in [-0.05, 0) is 37.1 Å². The van der Waals surface area contributed by atoms with Gasteiger partial charge in [-0.1, -0.05) is 26.0 Å². The summed E-state index contributed by atoms with van der Waals surface area (Å²) in [6, 6.07) is 11.5. The van der Waals surface area contributed by atoms with Crippen molar-refractivity contribution >= 4 is 27.5 Å². The van der Waals surface area contributed by atoms with Crippen molar-refractivity contribution in [3.05, 3.63) is 42.2 Å². The van der Waals surface area contributed by atoms with Gasteiger partial charge >= 0.3 is 0 Å². The first-order valence-corrected chi connectivity index (χ1v) is 8.13. The van der Waals surface area contributed by atoms with Gasteiger partial charge in [-0.15, -0.1) is 11.3 Å². The number of fused-ring (bicyclic) bond motifs is 1. The van der Waals surface area contributed by atoms with Crippen molar-refractivity contribution < 1.29 is 9.21 Å². The Hall–Kier alpha value is -2.14. The van der Waals surface area contributed by atoms with Crippen molar-refractivity contribution in [3.63, 3.8) is 0 Å². The van der Waals surface area contributed by atoms with Gasteiger partial charge in [-0.3, -0.25) is 4.79 Å². The molecule has 0 saturated carbocycles. The summed E-state index contributed by atoms with van der Waals surface area (Å²) in [5, 5.41) is 3.73. The third kappa shape index (κ3) is 2.90. The third-order valence-corrected chi connectivity index (χ3v) is 4.74. The highest BCUT2D eigenvalue weighted by Crippen LogP contribution is 2.31. The van der Waals surface area contributed by atoms with Gasteiger partial charge in [0.2, 0.25) is 0 Å². The molecule has 0 bridgehead atoms. The standard InChI is InChI=1S/C17H18N2O2S/c1-10(2)11(3)18-16(20)13-8-9-14(21-13)17-19-12-6-4-5-7-15(12)22-17/h4-11H,1-3H3,(H,18,20). The van der Waals surface area contributed by atoms with Gasteiger partial charge in [0.25, 0.3) is 5.91 Å². The van der Waals surface area contributed by atoms with E-state index in [2.05, 4.69) is 24.1 Å². The summed E-state index contributed by atoms with van der Waals surface area (Å²) in [6.45, 7) is 6.12. The fraction of sp³-hybridized carbons (Fsp3) is 0.294. The van der Waals surface area contributed by atoms with Crippen molar-refractivity contribution in [1.82, 2.24) is 10.3 Å². The SMILES string of the molecule is CC(C)C(C)NC(=O)c1ccc(-c2nc3ccccc3s2)o1.